The Balaban J connectivity index is 1.77. The molecule has 1 atom stereocenters. The number of likely N-dealkylation sites (N-methyl/N-ethyl adjacent to an activating group) is 1. The number of amides is 1. The molecule has 0 aliphatic carbocycles. The second-order valence-electron chi connectivity index (χ2n) is 5.30. The van der Waals surface area contributed by atoms with Gasteiger partial charge in [-0.2, -0.15) is 0 Å². The summed E-state index contributed by atoms with van der Waals surface area (Å²) < 4.78 is 0. The molecule has 0 aromatic carbocycles. The maximum atomic E-state index is 12.2. The Hall–Kier alpha value is -2.61. The second-order valence-corrected chi connectivity index (χ2v) is 5.30. The number of carbonyl (C=O) groups excluding carboxylic acids is 1. The van der Waals surface area contributed by atoms with Crippen molar-refractivity contribution < 1.29 is 4.79 Å². The van der Waals surface area contributed by atoms with Crippen LogP contribution in [-0.4, -0.2) is 50.9 Å². The number of likely N-dealkylation sites (tertiary alicyclic amines) is 1. The van der Waals surface area contributed by atoms with Gasteiger partial charge in [-0.25, -0.2) is 15.0 Å². The van der Waals surface area contributed by atoms with Gasteiger partial charge < -0.3 is 15.5 Å². The van der Waals surface area contributed by atoms with Gasteiger partial charge in [0.1, 0.15) is 0 Å². The van der Waals surface area contributed by atoms with Crippen molar-refractivity contribution >= 4 is 17.7 Å². The molecule has 1 fully saturated rings. The number of rotatable bonds is 5. The lowest BCUT2D eigenvalue weighted by atomic mass is 10.1. The van der Waals surface area contributed by atoms with E-state index in [1.807, 2.05) is 11.0 Å². The average Bonchev–Trinajstić information content (AvgIpc) is 3.06. The Morgan fingerprint density at radius 2 is 2.26 bits per heavy atom. The number of nitrogens with one attached hydrogen (secondary N) is 2. The molecule has 1 amide bonds. The van der Waals surface area contributed by atoms with Crippen molar-refractivity contribution in [1.82, 2.24) is 30.2 Å². The number of anilines is 2. The third kappa shape index (κ3) is 3.59. The molecule has 8 heteroatoms. The molecule has 3 heterocycles. The van der Waals surface area contributed by atoms with Crippen LogP contribution in [0.25, 0.3) is 0 Å². The van der Waals surface area contributed by atoms with Crippen LogP contribution >= 0.6 is 0 Å². The largest absolute Gasteiger partial charge is 0.333 e. The van der Waals surface area contributed by atoms with Gasteiger partial charge in [-0.05, 0) is 26.0 Å². The molecule has 8 nitrogen and oxygen atoms in total. The Morgan fingerprint density at radius 1 is 1.35 bits per heavy atom. The van der Waals surface area contributed by atoms with Gasteiger partial charge in [0.25, 0.3) is 0 Å². The van der Waals surface area contributed by atoms with Crippen LogP contribution in [0.3, 0.4) is 0 Å². The van der Waals surface area contributed by atoms with E-state index in [0.717, 1.165) is 25.1 Å². The van der Waals surface area contributed by atoms with Gasteiger partial charge >= 0.3 is 0 Å². The molecule has 0 radical (unpaired) electrons. The van der Waals surface area contributed by atoms with E-state index in [1.165, 1.54) is 0 Å². The fourth-order valence-electron chi connectivity index (χ4n) is 2.72. The van der Waals surface area contributed by atoms with Gasteiger partial charge in [0.15, 0.2) is 5.82 Å². The highest BCUT2D eigenvalue weighted by Crippen LogP contribution is 2.31. The Bertz CT molecular complexity index is 664. The van der Waals surface area contributed by atoms with Gasteiger partial charge in [-0.15, -0.1) is 0 Å². The van der Waals surface area contributed by atoms with Crippen LogP contribution < -0.4 is 10.6 Å². The Labute approximate surface area is 134 Å². The maximum Gasteiger partial charge on any atom is 0.237 e. The van der Waals surface area contributed by atoms with E-state index < -0.39 is 0 Å². The molecular formula is C15H19N7O. The predicted molar refractivity (Wildman–Crippen MR) is 85.0 cm³/mol. The standard InChI is InChI=1S/C15H19N7O/c1-16-10-14(23)22-8-2-3-12(22)11-4-5-19-15(20-11)21-13-9-17-6-7-18-13/h4-7,9,12,16H,2-3,8,10H2,1H3,(H,18,19,20,21)/t12-/m1/s1. The van der Waals surface area contributed by atoms with E-state index in [-0.39, 0.29) is 11.9 Å². The van der Waals surface area contributed by atoms with Crippen molar-refractivity contribution in [2.24, 2.45) is 0 Å². The summed E-state index contributed by atoms with van der Waals surface area (Å²) in [7, 11) is 1.77. The Kier molecular flexibility index (Phi) is 4.72. The smallest absolute Gasteiger partial charge is 0.237 e. The number of hydrogen-bond acceptors (Lipinski definition) is 7. The fourth-order valence-corrected chi connectivity index (χ4v) is 2.72. The number of aromatic nitrogens is 4. The highest BCUT2D eigenvalue weighted by molar-refractivity contribution is 5.79. The van der Waals surface area contributed by atoms with E-state index >= 15 is 0 Å². The molecule has 0 unspecified atom stereocenters. The molecule has 1 aliphatic rings. The molecule has 0 bridgehead atoms. The second kappa shape index (κ2) is 7.10. The van der Waals surface area contributed by atoms with Crippen molar-refractivity contribution in [2.45, 2.75) is 18.9 Å². The summed E-state index contributed by atoms with van der Waals surface area (Å²) in [6, 6.07) is 1.86. The summed E-state index contributed by atoms with van der Waals surface area (Å²) in [6.45, 7) is 1.11. The van der Waals surface area contributed by atoms with E-state index in [4.69, 9.17) is 0 Å². The van der Waals surface area contributed by atoms with Crippen molar-refractivity contribution in [3.05, 3.63) is 36.5 Å². The summed E-state index contributed by atoms with van der Waals surface area (Å²) in [5.41, 5.74) is 0.841. The van der Waals surface area contributed by atoms with Gasteiger partial charge in [0.2, 0.25) is 11.9 Å². The van der Waals surface area contributed by atoms with E-state index in [2.05, 4.69) is 30.6 Å². The SMILES string of the molecule is CNCC(=O)N1CCC[C@@H]1c1ccnc(Nc2cnccn2)n1. The molecule has 1 saturated heterocycles. The number of nitrogens with zero attached hydrogens (tertiary/aromatic N) is 5. The zero-order valence-corrected chi connectivity index (χ0v) is 12.9. The van der Waals surface area contributed by atoms with E-state index in [0.29, 0.717) is 18.3 Å². The summed E-state index contributed by atoms with van der Waals surface area (Å²) in [6.07, 6.45) is 8.40. The van der Waals surface area contributed by atoms with Gasteiger partial charge in [0, 0.05) is 25.1 Å². The first-order chi connectivity index (χ1) is 11.3. The van der Waals surface area contributed by atoms with Crippen molar-refractivity contribution in [1.29, 1.82) is 0 Å². The molecule has 2 aromatic heterocycles. The van der Waals surface area contributed by atoms with Crippen molar-refractivity contribution in [3.8, 4) is 0 Å². The third-order valence-electron chi connectivity index (χ3n) is 3.72. The first-order valence-corrected chi connectivity index (χ1v) is 7.58. The molecule has 0 spiro atoms. The first-order valence-electron chi connectivity index (χ1n) is 7.58. The highest BCUT2D eigenvalue weighted by Gasteiger charge is 2.30. The zero-order chi connectivity index (χ0) is 16.1. The molecule has 2 N–H and O–H groups in total. The maximum absolute atomic E-state index is 12.2. The molecule has 120 valence electrons. The average molecular weight is 313 g/mol. The number of hydrogen-bond donors (Lipinski definition) is 2. The molecular weight excluding hydrogens is 294 g/mol. The Morgan fingerprint density at radius 3 is 3.04 bits per heavy atom. The monoisotopic (exact) mass is 313 g/mol. The van der Waals surface area contributed by atoms with Crippen LogP contribution in [0, 0.1) is 0 Å². The van der Waals surface area contributed by atoms with Crippen LogP contribution in [-0.2, 0) is 4.79 Å². The molecule has 3 rings (SSSR count). The predicted octanol–water partition coefficient (Wildman–Crippen LogP) is 0.893. The van der Waals surface area contributed by atoms with Crippen molar-refractivity contribution in [2.75, 3.05) is 25.5 Å². The lowest BCUT2D eigenvalue weighted by Crippen LogP contribution is -2.37. The van der Waals surface area contributed by atoms with Gasteiger partial charge in [-0.3, -0.25) is 9.78 Å². The number of carbonyl (C=O) groups is 1. The minimum absolute atomic E-state index is 0.00116. The summed E-state index contributed by atoms with van der Waals surface area (Å²) in [4.78, 5) is 31.0. The third-order valence-corrected chi connectivity index (χ3v) is 3.72. The first kappa shape index (κ1) is 15.3. The summed E-state index contributed by atoms with van der Waals surface area (Å²) in [5.74, 6) is 1.13. The minimum atomic E-state index is 0.00116. The zero-order valence-electron chi connectivity index (χ0n) is 12.9. The molecule has 23 heavy (non-hydrogen) atoms. The summed E-state index contributed by atoms with van der Waals surface area (Å²) >= 11 is 0. The van der Waals surface area contributed by atoms with Gasteiger partial charge in [-0.1, -0.05) is 0 Å². The van der Waals surface area contributed by atoms with E-state index in [1.54, 1.807) is 31.8 Å². The molecule has 0 saturated carbocycles. The van der Waals surface area contributed by atoms with Crippen LogP contribution in [0.15, 0.2) is 30.9 Å². The van der Waals surface area contributed by atoms with Crippen molar-refractivity contribution in [3.63, 3.8) is 0 Å². The van der Waals surface area contributed by atoms with Crippen LogP contribution in [0.4, 0.5) is 11.8 Å². The fraction of sp³-hybridized carbons (Fsp3) is 0.400. The quantitative estimate of drug-likeness (QED) is 0.846. The lowest BCUT2D eigenvalue weighted by molar-refractivity contribution is -0.131. The molecule has 1 aliphatic heterocycles. The van der Waals surface area contributed by atoms with Crippen LogP contribution in [0.5, 0.6) is 0 Å². The van der Waals surface area contributed by atoms with Crippen LogP contribution in [0.2, 0.25) is 0 Å². The summed E-state index contributed by atoms with van der Waals surface area (Å²) in [5, 5.41) is 5.93. The topological polar surface area (TPSA) is 95.9 Å². The minimum Gasteiger partial charge on any atom is -0.333 e. The van der Waals surface area contributed by atoms with Crippen LogP contribution in [0.1, 0.15) is 24.6 Å². The van der Waals surface area contributed by atoms with E-state index in [9.17, 15) is 4.79 Å². The highest BCUT2D eigenvalue weighted by atomic mass is 16.2. The normalized spacial score (nSPS) is 17.3. The lowest BCUT2D eigenvalue weighted by Gasteiger charge is -2.24. The van der Waals surface area contributed by atoms with Gasteiger partial charge in [0.05, 0.1) is 24.5 Å². The molecule has 2 aromatic rings.